The van der Waals surface area contributed by atoms with Gasteiger partial charge in [0.2, 0.25) is 0 Å². The van der Waals surface area contributed by atoms with Crippen molar-refractivity contribution in [1.29, 1.82) is 0 Å². The molecule has 0 amide bonds. The van der Waals surface area contributed by atoms with Crippen LogP contribution in [0.5, 0.6) is 11.8 Å². The van der Waals surface area contributed by atoms with E-state index in [1.165, 1.54) is 25.7 Å². The van der Waals surface area contributed by atoms with E-state index in [-0.39, 0.29) is 18.1 Å². The van der Waals surface area contributed by atoms with Crippen LogP contribution in [-0.2, 0) is 6.54 Å². The zero-order valence-electron chi connectivity index (χ0n) is 24.6. The molecule has 0 spiro atoms. The summed E-state index contributed by atoms with van der Waals surface area (Å²) in [7, 11) is 0. The lowest BCUT2D eigenvalue weighted by molar-refractivity contribution is 0.0697. The Bertz CT molecular complexity index is 1530. The second-order valence-corrected chi connectivity index (χ2v) is 12.0. The van der Waals surface area contributed by atoms with E-state index in [9.17, 15) is 9.90 Å². The quantitative estimate of drug-likeness (QED) is 0.220. The fourth-order valence-corrected chi connectivity index (χ4v) is 6.36. The van der Waals surface area contributed by atoms with Crippen molar-refractivity contribution in [2.75, 3.05) is 0 Å². The Morgan fingerprint density at radius 2 is 1.45 bits per heavy atom. The fraction of sp³-hybridized carbons (Fsp3) is 0.471. The summed E-state index contributed by atoms with van der Waals surface area (Å²) in [5, 5.41) is 18.8. The van der Waals surface area contributed by atoms with E-state index in [1.54, 1.807) is 12.1 Å². The van der Waals surface area contributed by atoms with Crippen molar-refractivity contribution in [2.24, 2.45) is 0 Å². The van der Waals surface area contributed by atoms with Crippen molar-refractivity contribution < 1.29 is 19.4 Å². The van der Waals surface area contributed by atoms with Gasteiger partial charge in [0.05, 0.1) is 5.56 Å². The van der Waals surface area contributed by atoms with Crippen LogP contribution < -0.4 is 9.47 Å². The SMILES string of the molecule is CC(C)c1nc2c(OC3CCCCC3)nnc(OC3CCCCC3)c2n1Cc1ccc(-c2ccccc2C(=O)O)cc1. The molecule has 2 fully saturated rings. The molecule has 0 radical (unpaired) electrons. The second-order valence-electron chi connectivity index (χ2n) is 12.0. The third-order valence-electron chi connectivity index (χ3n) is 8.57. The molecular weight excluding hydrogens is 528 g/mol. The number of rotatable bonds is 9. The standard InChI is InChI=1S/C34H40N4O4/c1-22(2)31-35-29-30(38(31)21-23-17-19-24(20-18-23)27-15-9-10-16-28(27)34(39)40)33(42-26-13-7-4-8-14-26)37-36-32(29)41-25-11-5-3-6-12-25/h9-10,15-20,22,25-26H,3-8,11-14,21H2,1-2H3,(H,39,40). The summed E-state index contributed by atoms with van der Waals surface area (Å²) in [5.41, 5.74) is 4.49. The summed E-state index contributed by atoms with van der Waals surface area (Å²) in [6, 6.07) is 15.2. The highest BCUT2D eigenvalue weighted by Gasteiger charge is 2.27. The number of ether oxygens (including phenoxy) is 2. The second kappa shape index (κ2) is 12.5. The molecule has 42 heavy (non-hydrogen) atoms. The molecule has 0 unspecified atom stereocenters. The monoisotopic (exact) mass is 568 g/mol. The fourth-order valence-electron chi connectivity index (χ4n) is 6.36. The zero-order valence-corrected chi connectivity index (χ0v) is 24.6. The van der Waals surface area contributed by atoms with Gasteiger partial charge < -0.3 is 19.1 Å². The Morgan fingerprint density at radius 3 is 2.07 bits per heavy atom. The predicted molar refractivity (Wildman–Crippen MR) is 162 cm³/mol. The van der Waals surface area contributed by atoms with Crippen LogP contribution in [0.15, 0.2) is 48.5 Å². The van der Waals surface area contributed by atoms with Crippen LogP contribution in [0.3, 0.4) is 0 Å². The smallest absolute Gasteiger partial charge is 0.336 e. The van der Waals surface area contributed by atoms with E-state index in [0.717, 1.165) is 66.5 Å². The first kappa shape index (κ1) is 28.2. The molecule has 2 heterocycles. The van der Waals surface area contributed by atoms with E-state index in [1.807, 2.05) is 24.3 Å². The lowest BCUT2D eigenvalue weighted by Gasteiger charge is -2.24. The van der Waals surface area contributed by atoms with Crippen LogP contribution in [0.25, 0.3) is 22.2 Å². The van der Waals surface area contributed by atoms with Crippen molar-refractivity contribution >= 4 is 17.0 Å². The first-order valence-electron chi connectivity index (χ1n) is 15.5. The molecule has 2 aromatic carbocycles. The summed E-state index contributed by atoms with van der Waals surface area (Å²) in [6.45, 7) is 4.86. The Balaban J connectivity index is 1.39. The van der Waals surface area contributed by atoms with Crippen LogP contribution in [0.1, 0.15) is 106 Å². The van der Waals surface area contributed by atoms with Crippen LogP contribution in [-0.4, -0.2) is 43.0 Å². The van der Waals surface area contributed by atoms with E-state index in [4.69, 9.17) is 14.5 Å². The van der Waals surface area contributed by atoms with Gasteiger partial charge in [-0.2, -0.15) is 0 Å². The number of nitrogens with zero attached hydrogens (tertiary/aromatic N) is 4. The molecule has 0 atom stereocenters. The average molecular weight is 569 g/mol. The van der Waals surface area contributed by atoms with Crippen molar-refractivity contribution in [2.45, 2.75) is 103 Å². The van der Waals surface area contributed by atoms with Gasteiger partial charge in [0, 0.05) is 12.5 Å². The van der Waals surface area contributed by atoms with Crippen LogP contribution in [0, 0.1) is 0 Å². The highest BCUT2D eigenvalue weighted by Crippen LogP contribution is 2.36. The average Bonchev–Trinajstić information content (AvgIpc) is 3.40. The zero-order chi connectivity index (χ0) is 29.1. The first-order valence-corrected chi connectivity index (χ1v) is 15.5. The summed E-state index contributed by atoms with van der Waals surface area (Å²) in [6.07, 6.45) is 11.5. The van der Waals surface area contributed by atoms with Crippen molar-refractivity contribution in [1.82, 2.24) is 19.7 Å². The molecule has 2 saturated carbocycles. The number of carbonyl (C=O) groups is 1. The molecule has 2 aromatic heterocycles. The summed E-state index contributed by atoms with van der Waals surface area (Å²) < 4.78 is 15.2. The molecule has 1 N–H and O–H groups in total. The number of fused-ring (bicyclic) bond motifs is 1. The number of carboxylic acid groups (broad SMARTS) is 1. The van der Waals surface area contributed by atoms with Gasteiger partial charge in [-0.1, -0.05) is 69.2 Å². The highest BCUT2D eigenvalue weighted by molar-refractivity contribution is 5.96. The minimum absolute atomic E-state index is 0.126. The molecule has 2 aliphatic carbocycles. The number of hydrogen-bond donors (Lipinski definition) is 1. The number of carboxylic acids is 1. The molecule has 8 heteroatoms. The Morgan fingerprint density at radius 1 is 0.857 bits per heavy atom. The number of aromatic carboxylic acids is 1. The third-order valence-corrected chi connectivity index (χ3v) is 8.57. The predicted octanol–water partition coefficient (Wildman–Crippen LogP) is 7.79. The number of imidazole rings is 1. The molecule has 2 aliphatic rings. The Kier molecular flexibility index (Phi) is 8.40. The molecule has 6 rings (SSSR count). The van der Waals surface area contributed by atoms with Gasteiger partial charge in [-0.3, -0.25) is 0 Å². The number of aromatic nitrogens is 4. The molecule has 0 bridgehead atoms. The van der Waals surface area contributed by atoms with Gasteiger partial charge in [0.25, 0.3) is 11.8 Å². The number of benzene rings is 2. The lowest BCUT2D eigenvalue weighted by Crippen LogP contribution is -2.22. The van der Waals surface area contributed by atoms with Crippen molar-refractivity contribution in [3.8, 4) is 22.9 Å². The lowest BCUT2D eigenvalue weighted by atomic mass is 9.98. The first-order chi connectivity index (χ1) is 20.5. The highest BCUT2D eigenvalue weighted by atomic mass is 16.5. The third kappa shape index (κ3) is 5.98. The van der Waals surface area contributed by atoms with Gasteiger partial charge in [-0.05, 0) is 74.1 Å². The minimum Gasteiger partial charge on any atom is -0.478 e. The molecule has 220 valence electrons. The van der Waals surface area contributed by atoms with E-state index in [0.29, 0.717) is 29.4 Å². The van der Waals surface area contributed by atoms with E-state index < -0.39 is 5.97 Å². The Hall–Kier alpha value is -3.94. The topological polar surface area (TPSA) is 99.4 Å². The Labute approximate surface area is 247 Å². The largest absolute Gasteiger partial charge is 0.478 e. The maximum Gasteiger partial charge on any atom is 0.336 e. The van der Waals surface area contributed by atoms with E-state index in [2.05, 4.69) is 40.7 Å². The number of hydrogen-bond acceptors (Lipinski definition) is 6. The minimum atomic E-state index is -0.931. The van der Waals surface area contributed by atoms with Gasteiger partial charge in [0.15, 0.2) is 5.52 Å². The van der Waals surface area contributed by atoms with Gasteiger partial charge in [-0.25, -0.2) is 9.78 Å². The molecule has 0 saturated heterocycles. The van der Waals surface area contributed by atoms with Crippen molar-refractivity contribution in [3.05, 3.63) is 65.5 Å². The van der Waals surface area contributed by atoms with Crippen LogP contribution in [0.4, 0.5) is 0 Å². The van der Waals surface area contributed by atoms with Gasteiger partial charge in [0.1, 0.15) is 23.5 Å². The van der Waals surface area contributed by atoms with Gasteiger partial charge in [-0.15, -0.1) is 10.2 Å². The summed E-state index contributed by atoms with van der Waals surface area (Å²) in [5.74, 6) is 1.18. The molecular formula is C34H40N4O4. The van der Waals surface area contributed by atoms with Gasteiger partial charge >= 0.3 is 5.97 Å². The molecule has 0 aliphatic heterocycles. The molecule has 8 nitrogen and oxygen atoms in total. The van der Waals surface area contributed by atoms with Crippen molar-refractivity contribution in [3.63, 3.8) is 0 Å². The maximum atomic E-state index is 11.8. The van der Waals surface area contributed by atoms with Crippen LogP contribution >= 0.6 is 0 Å². The van der Waals surface area contributed by atoms with E-state index >= 15 is 0 Å². The molecule has 4 aromatic rings. The normalized spacial score (nSPS) is 16.6. The summed E-state index contributed by atoms with van der Waals surface area (Å²) >= 11 is 0. The maximum absolute atomic E-state index is 11.8. The summed E-state index contributed by atoms with van der Waals surface area (Å²) in [4.78, 5) is 16.9. The van der Waals surface area contributed by atoms with Crippen LogP contribution in [0.2, 0.25) is 0 Å².